The number of aryl methyl sites for hydroxylation is 1. The van der Waals surface area contributed by atoms with E-state index in [9.17, 15) is 22.4 Å². The molecule has 1 unspecified atom stereocenters. The summed E-state index contributed by atoms with van der Waals surface area (Å²) >= 11 is 0. The zero-order valence-electron chi connectivity index (χ0n) is 11.7. The van der Waals surface area contributed by atoms with E-state index in [1.165, 1.54) is 17.7 Å². The molecule has 2 heterocycles. The highest BCUT2D eigenvalue weighted by Crippen LogP contribution is 2.27. The van der Waals surface area contributed by atoms with Gasteiger partial charge in [-0.3, -0.25) is 14.2 Å². The third kappa shape index (κ3) is 3.26. The number of aromatic nitrogens is 4. The third-order valence-corrected chi connectivity index (χ3v) is 2.94. The van der Waals surface area contributed by atoms with E-state index >= 15 is 0 Å². The normalized spacial score (nSPS) is 12.9. The molecule has 1 amide bonds. The summed E-state index contributed by atoms with van der Waals surface area (Å²) in [5.41, 5.74) is -1.54. The predicted molar refractivity (Wildman–Crippen MR) is 68.7 cm³/mol. The topological polar surface area (TPSA) is 64.7 Å². The quantitative estimate of drug-likeness (QED) is 0.862. The van der Waals surface area contributed by atoms with E-state index in [0.29, 0.717) is 10.7 Å². The SMILES string of the molecule is CC(C(=O)Nc1ccn(C)n1)n1nc(C(F)F)cc1C(F)F. The first kappa shape index (κ1) is 16.0. The third-order valence-electron chi connectivity index (χ3n) is 2.94. The highest BCUT2D eigenvalue weighted by atomic mass is 19.3. The molecule has 0 radical (unpaired) electrons. The lowest BCUT2D eigenvalue weighted by atomic mass is 10.3. The average molecular weight is 319 g/mol. The molecule has 0 aliphatic heterocycles. The van der Waals surface area contributed by atoms with Crippen molar-refractivity contribution in [1.82, 2.24) is 19.6 Å². The molecule has 2 aromatic rings. The number of anilines is 1. The molecule has 22 heavy (non-hydrogen) atoms. The number of alkyl halides is 4. The second-order valence-corrected chi connectivity index (χ2v) is 4.58. The van der Waals surface area contributed by atoms with Gasteiger partial charge in [0.2, 0.25) is 5.91 Å². The second-order valence-electron chi connectivity index (χ2n) is 4.58. The summed E-state index contributed by atoms with van der Waals surface area (Å²) in [4.78, 5) is 12.0. The highest BCUT2D eigenvalue weighted by molar-refractivity contribution is 5.92. The van der Waals surface area contributed by atoms with E-state index in [-0.39, 0.29) is 5.82 Å². The van der Waals surface area contributed by atoms with E-state index < -0.39 is 36.2 Å². The Labute approximate surface area is 122 Å². The standard InChI is InChI=1S/C12H13F4N5O/c1-6(12(22)17-9-3-4-20(2)19-9)21-8(11(15)16)5-7(18-21)10(13)14/h3-6,10-11H,1-2H3,(H,17,19,22). The lowest BCUT2D eigenvalue weighted by Gasteiger charge is -2.14. The number of carbonyl (C=O) groups is 1. The Morgan fingerprint density at radius 1 is 1.23 bits per heavy atom. The molecule has 1 N–H and O–H groups in total. The van der Waals surface area contributed by atoms with Crippen LogP contribution in [0.1, 0.15) is 37.2 Å². The molecule has 10 heteroatoms. The minimum Gasteiger partial charge on any atom is -0.307 e. The molecule has 0 saturated heterocycles. The van der Waals surface area contributed by atoms with Crippen molar-refractivity contribution in [3.8, 4) is 0 Å². The van der Waals surface area contributed by atoms with Crippen LogP contribution in [0.4, 0.5) is 23.4 Å². The summed E-state index contributed by atoms with van der Waals surface area (Å²) in [5.74, 6) is -0.469. The van der Waals surface area contributed by atoms with Crippen LogP contribution in [0, 0.1) is 0 Å². The van der Waals surface area contributed by atoms with Gasteiger partial charge < -0.3 is 5.32 Å². The lowest BCUT2D eigenvalue weighted by molar-refractivity contribution is -0.119. The maximum atomic E-state index is 12.9. The molecule has 0 spiro atoms. The summed E-state index contributed by atoms with van der Waals surface area (Å²) < 4.78 is 53.1. The number of rotatable bonds is 5. The molecular formula is C12H13F4N5O. The first-order valence-electron chi connectivity index (χ1n) is 6.25. The number of nitrogens with one attached hydrogen (secondary N) is 1. The van der Waals surface area contributed by atoms with Crippen molar-refractivity contribution in [2.45, 2.75) is 25.8 Å². The van der Waals surface area contributed by atoms with Gasteiger partial charge >= 0.3 is 0 Å². The Bertz CT molecular complexity index is 666. The fourth-order valence-corrected chi connectivity index (χ4v) is 1.83. The minimum atomic E-state index is -3.02. The number of carbonyl (C=O) groups excluding carboxylic acids is 1. The van der Waals surface area contributed by atoms with Crippen molar-refractivity contribution in [2.75, 3.05) is 5.32 Å². The molecule has 0 aromatic carbocycles. The predicted octanol–water partition coefficient (Wildman–Crippen LogP) is 2.69. The number of halogens is 4. The van der Waals surface area contributed by atoms with E-state index in [2.05, 4.69) is 15.5 Å². The Kier molecular flexibility index (Phi) is 4.48. The van der Waals surface area contributed by atoms with Crippen molar-refractivity contribution in [3.63, 3.8) is 0 Å². The van der Waals surface area contributed by atoms with Gasteiger partial charge in [-0.25, -0.2) is 17.6 Å². The maximum absolute atomic E-state index is 12.9. The largest absolute Gasteiger partial charge is 0.307 e. The molecule has 6 nitrogen and oxygen atoms in total. The molecule has 2 rings (SSSR count). The molecule has 1 atom stereocenters. The van der Waals surface area contributed by atoms with E-state index in [4.69, 9.17) is 0 Å². The van der Waals surface area contributed by atoms with Gasteiger partial charge in [0.05, 0.1) is 0 Å². The van der Waals surface area contributed by atoms with Crippen LogP contribution in [-0.4, -0.2) is 25.5 Å². The van der Waals surface area contributed by atoms with Gasteiger partial charge in [-0.1, -0.05) is 0 Å². The molecule has 120 valence electrons. The van der Waals surface area contributed by atoms with E-state index in [0.717, 1.165) is 0 Å². The monoisotopic (exact) mass is 319 g/mol. The van der Waals surface area contributed by atoms with Crippen molar-refractivity contribution < 1.29 is 22.4 Å². The summed E-state index contributed by atoms with van der Waals surface area (Å²) in [6, 6.07) is 0.908. The Morgan fingerprint density at radius 3 is 2.41 bits per heavy atom. The molecule has 0 bridgehead atoms. The molecule has 0 aliphatic carbocycles. The Hall–Kier alpha value is -2.39. The zero-order valence-corrected chi connectivity index (χ0v) is 11.7. The fourth-order valence-electron chi connectivity index (χ4n) is 1.83. The molecular weight excluding hydrogens is 306 g/mol. The van der Waals surface area contributed by atoms with Crippen molar-refractivity contribution in [1.29, 1.82) is 0 Å². The van der Waals surface area contributed by atoms with Crippen LogP contribution in [0.5, 0.6) is 0 Å². The lowest BCUT2D eigenvalue weighted by Crippen LogP contribution is -2.26. The van der Waals surface area contributed by atoms with Crippen LogP contribution in [0.15, 0.2) is 18.3 Å². The van der Waals surface area contributed by atoms with Crippen LogP contribution in [-0.2, 0) is 11.8 Å². The van der Waals surface area contributed by atoms with Crippen LogP contribution >= 0.6 is 0 Å². The molecule has 0 aliphatic rings. The summed E-state index contributed by atoms with van der Waals surface area (Å²) in [6.45, 7) is 1.28. The maximum Gasteiger partial charge on any atom is 0.282 e. The van der Waals surface area contributed by atoms with Gasteiger partial charge in [0, 0.05) is 19.3 Å². The number of nitrogens with zero attached hydrogens (tertiary/aromatic N) is 4. The van der Waals surface area contributed by atoms with E-state index in [1.54, 1.807) is 13.2 Å². The molecule has 2 aromatic heterocycles. The van der Waals surface area contributed by atoms with Gasteiger partial charge in [0.1, 0.15) is 17.4 Å². The Morgan fingerprint density at radius 2 is 1.91 bits per heavy atom. The number of hydrogen-bond acceptors (Lipinski definition) is 3. The van der Waals surface area contributed by atoms with Crippen LogP contribution < -0.4 is 5.32 Å². The Balaban J connectivity index is 2.23. The van der Waals surface area contributed by atoms with Crippen molar-refractivity contribution in [3.05, 3.63) is 29.7 Å². The van der Waals surface area contributed by atoms with Crippen molar-refractivity contribution >= 4 is 11.7 Å². The van der Waals surface area contributed by atoms with Gasteiger partial charge in [0.15, 0.2) is 5.82 Å². The average Bonchev–Trinajstić information content (AvgIpc) is 3.04. The van der Waals surface area contributed by atoms with Crippen LogP contribution in [0.2, 0.25) is 0 Å². The second kappa shape index (κ2) is 6.16. The number of amides is 1. The van der Waals surface area contributed by atoms with Crippen LogP contribution in [0.3, 0.4) is 0 Å². The first-order chi connectivity index (χ1) is 10.3. The van der Waals surface area contributed by atoms with Crippen LogP contribution in [0.25, 0.3) is 0 Å². The molecule has 0 fully saturated rings. The van der Waals surface area contributed by atoms with Crippen molar-refractivity contribution in [2.24, 2.45) is 7.05 Å². The highest BCUT2D eigenvalue weighted by Gasteiger charge is 2.27. The zero-order chi connectivity index (χ0) is 16.4. The summed E-state index contributed by atoms with van der Waals surface area (Å²) in [5, 5.41) is 9.71. The van der Waals surface area contributed by atoms with E-state index in [1.807, 2.05) is 0 Å². The van der Waals surface area contributed by atoms with Gasteiger partial charge in [-0.2, -0.15) is 10.2 Å². The minimum absolute atomic E-state index is 0.221. The van der Waals surface area contributed by atoms with Gasteiger partial charge in [-0.15, -0.1) is 0 Å². The smallest absolute Gasteiger partial charge is 0.282 e. The first-order valence-corrected chi connectivity index (χ1v) is 6.25. The fraction of sp³-hybridized carbons (Fsp3) is 0.417. The van der Waals surface area contributed by atoms with Gasteiger partial charge in [0.25, 0.3) is 12.9 Å². The molecule has 0 saturated carbocycles. The number of hydrogen-bond donors (Lipinski definition) is 1. The van der Waals surface area contributed by atoms with Gasteiger partial charge in [-0.05, 0) is 13.0 Å². The summed E-state index contributed by atoms with van der Waals surface area (Å²) in [7, 11) is 1.64. The summed E-state index contributed by atoms with van der Waals surface area (Å²) in [6.07, 6.45) is -4.44.